The number of hydrogen-bond acceptors (Lipinski definition) is 2. The molecule has 0 unspecified atom stereocenters. The zero-order valence-electron chi connectivity index (χ0n) is 4.44. The van der Waals surface area contributed by atoms with Gasteiger partial charge in [-0.25, -0.2) is 0 Å². The Bertz CT molecular complexity index is 43.3. The van der Waals surface area contributed by atoms with Crippen LogP contribution in [0.5, 0.6) is 0 Å². The van der Waals surface area contributed by atoms with Crippen molar-refractivity contribution in [2.24, 2.45) is 0 Å². The van der Waals surface area contributed by atoms with Crippen molar-refractivity contribution in [3.05, 3.63) is 0 Å². The second kappa shape index (κ2) is 5.63. The highest BCUT2D eigenvalue weighted by atomic mass is 16.5. The summed E-state index contributed by atoms with van der Waals surface area (Å²) in [5, 5.41) is 0. The monoisotopic (exact) mass is 101 g/mol. The van der Waals surface area contributed by atoms with Gasteiger partial charge in [-0.2, -0.15) is 0 Å². The van der Waals surface area contributed by atoms with Gasteiger partial charge in [-0.1, -0.05) is 0 Å². The molecule has 2 nitrogen and oxygen atoms in total. The van der Waals surface area contributed by atoms with Gasteiger partial charge in [0.15, 0.2) is 6.29 Å². The van der Waals surface area contributed by atoms with Crippen molar-refractivity contribution in [1.29, 1.82) is 0 Å². The molecule has 0 atom stereocenters. The van der Waals surface area contributed by atoms with Crippen LogP contribution in [-0.2, 0) is 9.53 Å². The third-order valence-electron chi connectivity index (χ3n) is 0.627. The van der Waals surface area contributed by atoms with Crippen LogP contribution in [-0.4, -0.2) is 20.0 Å². The Labute approximate surface area is 43.5 Å². The van der Waals surface area contributed by atoms with E-state index in [-0.39, 0.29) is 0 Å². The molecule has 0 spiro atoms. The Balaban J connectivity index is 2.56. The molecule has 0 rings (SSSR count). The number of hydrogen-bond donors (Lipinski definition) is 0. The van der Waals surface area contributed by atoms with Crippen LogP contribution in [0.1, 0.15) is 12.8 Å². The van der Waals surface area contributed by atoms with Crippen molar-refractivity contribution >= 4 is 6.29 Å². The lowest BCUT2D eigenvalue weighted by atomic mass is 10.4. The van der Waals surface area contributed by atoms with Crippen LogP contribution in [0.3, 0.4) is 0 Å². The maximum absolute atomic E-state index is 9.50. The summed E-state index contributed by atoms with van der Waals surface area (Å²) in [6.07, 6.45) is 3.06. The lowest BCUT2D eigenvalue weighted by Crippen LogP contribution is -1.87. The van der Waals surface area contributed by atoms with Gasteiger partial charge in [-0.3, -0.25) is 4.79 Å². The fourth-order valence-corrected chi connectivity index (χ4v) is 0.289. The number of unbranched alkanes of at least 4 members (excludes halogenated alkanes) is 1. The van der Waals surface area contributed by atoms with E-state index in [0.717, 1.165) is 6.42 Å². The summed E-state index contributed by atoms with van der Waals surface area (Å²) < 4.78 is 4.66. The minimum absolute atomic E-state index is 0.494. The quantitative estimate of drug-likeness (QED) is 0.482. The normalized spacial score (nSPS) is 8.71. The molecule has 41 valence electrons. The van der Waals surface area contributed by atoms with Crippen molar-refractivity contribution in [2.45, 2.75) is 12.8 Å². The minimum Gasteiger partial charge on any atom is -0.385 e. The van der Waals surface area contributed by atoms with E-state index in [2.05, 4.69) is 4.74 Å². The first kappa shape index (κ1) is 6.63. The Hall–Kier alpha value is -0.370. The molecule has 0 saturated carbocycles. The minimum atomic E-state index is 0.494. The lowest BCUT2D eigenvalue weighted by molar-refractivity contribution is 0.196. The van der Waals surface area contributed by atoms with E-state index in [4.69, 9.17) is 0 Å². The summed E-state index contributed by atoms with van der Waals surface area (Å²) in [5.74, 6) is 0. The zero-order valence-corrected chi connectivity index (χ0v) is 4.44. The van der Waals surface area contributed by atoms with Gasteiger partial charge in [0.2, 0.25) is 0 Å². The standard InChI is InChI=1S/C5H9O2/c1-7-5-3-2-4-6/h2-3,5H2,1H3. The van der Waals surface area contributed by atoms with E-state index in [1.165, 1.54) is 0 Å². The summed E-state index contributed by atoms with van der Waals surface area (Å²) in [6, 6.07) is 0. The predicted molar refractivity (Wildman–Crippen MR) is 26.8 cm³/mol. The van der Waals surface area contributed by atoms with Crippen LogP contribution in [0.2, 0.25) is 0 Å². The highest BCUT2D eigenvalue weighted by Gasteiger charge is 1.81. The number of rotatable bonds is 4. The van der Waals surface area contributed by atoms with Gasteiger partial charge < -0.3 is 4.74 Å². The molecule has 1 radical (unpaired) electrons. The van der Waals surface area contributed by atoms with Crippen LogP contribution in [0.4, 0.5) is 0 Å². The summed E-state index contributed by atoms with van der Waals surface area (Å²) in [4.78, 5) is 9.50. The van der Waals surface area contributed by atoms with Crippen molar-refractivity contribution in [2.75, 3.05) is 13.7 Å². The molecule has 0 aromatic rings. The van der Waals surface area contributed by atoms with Gasteiger partial charge >= 0.3 is 0 Å². The first-order valence-corrected chi connectivity index (χ1v) is 2.25. The topological polar surface area (TPSA) is 26.3 Å². The van der Waals surface area contributed by atoms with Gasteiger partial charge in [-0.15, -0.1) is 0 Å². The molecule has 0 amide bonds. The molecule has 0 N–H and O–H groups in total. The molecule has 7 heavy (non-hydrogen) atoms. The lowest BCUT2D eigenvalue weighted by Gasteiger charge is -1.88. The Morgan fingerprint density at radius 2 is 2.43 bits per heavy atom. The van der Waals surface area contributed by atoms with Crippen molar-refractivity contribution in [1.82, 2.24) is 0 Å². The van der Waals surface area contributed by atoms with Crippen molar-refractivity contribution in [3.63, 3.8) is 0 Å². The Morgan fingerprint density at radius 1 is 1.71 bits per heavy atom. The average molecular weight is 101 g/mol. The van der Waals surface area contributed by atoms with E-state index in [0.29, 0.717) is 13.0 Å². The molecular formula is C5H9O2. The van der Waals surface area contributed by atoms with Gasteiger partial charge in [0.05, 0.1) is 0 Å². The molecule has 0 heterocycles. The van der Waals surface area contributed by atoms with Gasteiger partial charge in [0.1, 0.15) is 0 Å². The molecule has 0 aromatic heterocycles. The summed E-state index contributed by atoms with van der Waals surface area (Å²) >= 11 is 0. The van der Waals surface area contributed by atoms with E-state index in [1.54, 1.807) is 13.4 Å². The highest BCUT2D eigenvalue weighted by Crippen LogP contribution is 1.81. The van der Waals surface area contributed by atoms with Crippen molar-refractivity contribution in [3.8, 4) is 0 Å². The number of ether oxygens (including phenoxy) is 1. The fraction of sp³-hybridized carbons (Fsp3) is 0.800. The van der Waals surface area contributed by atoms with E-state index in [1.807, 2.05) is 0 Å². The van der Waals surface area contributed by atoms with Crippen LogP contribution in [0, 0.1) is 0 Å². The smallest absolute Gasteiger partial charge is 0.198 e. The summed E-state index contributed by atoms with van der Waals surface area (Å²) in [5.41, 5.74) is 0. The van der Waals surface area contributed by atoms with Crippen molar-refractivity contribution < 1.29 is 9.53 Å². The third kappa shape index (κ3) is 5.63. The van der Waals surface area contributed by atoms with E-state index >= 15 is 0 Å². The van der Waals surface area contributed by atoms with Gasteiger partial charge in [0, 0.05) is 20.1 Å². The molecule has 0 aliphatic rings. The van der Waals surface area contributed by atoms with Gasteiger partial charge in [0.25, 0.3) is 0 Å². The third-order valence-corrected chi connectivity index (χ3v) is 0.627. The van der Waals surface area contributed by atoms with Gasteiger partial charge in [-0.05, 0) is 6.42 Å². The first-order valence-electron chi connectivity index (χ1n) is 2.25. The molecule has 0 aliphatic carbocycles. The molecule has 2 heteroatoms. The van der Waals surface area contributed by atoms with Crippen LogP contribution in [0.15, 0.2) is 0 Å². The maximum atomic E-state index is 9.50. The summed E-state index contributed by atoms with van der Waals surface area (Å²) in [7, 11) is 1.62. The molecule has 0 aliphatic heterocycles. The number of carbonyl (C=O) groups excluding carboxylic acids is 1. The summed E-state index contributed by atoms with van der Waals surface area (Å²) in [6.45, 7) is 0.662. The molecule has 0 aromatic carbocycles. The van der Waals surface area contributed by atoms with E-state index < -0.39 is 0 Å². The molecule has 0 saturated heterocycles. The maximum Gasteiger partial charge on any atom is 0.198 e. The average Bonchev–Trinajstić information content (AvgIpc) is 1.69. The number of methoxy groups -OCH3 is 1. The Morgan fingerprint density at radius 3 is 2.86 bits per heavy atom. The SMILES string of the molecule is COCCC[C]=O. The van der Waals surface area contributed by atoms with Crippen LogP contribution >= 0.6 is 0 Å². The molecule has 0 fully saturated rings. The first-order chi connectivity index (χ1) is 3.41. The second-order valence-electron chi connectivity index (χ2n) is 1.24. The fourth-order valence-electron chi connectivity index (χ4n) is 0.289. The highest BCUT2D eigenvalue weighted by molar-refractivity contribution is 5.50. The largest absolute Gasteiger partial charge is 0.385 e. The molecule has 0 bridgehead atoms. The second-order valence-corrected chi connectivity index (χ2v) is 1.24. The zero-order chi connectivity index (χ0) is 5.54. The van der Waals surface area contributed by atoms with Crippen LogP contribution < -0.4 is 0 Å². The molecular weight excluding hydrogens is 92.1 g/mol. The van der Waals surface area contributed by atoms with Crippen LogP contribution in [0.25, 0.3) is 0 Å². The predicted octanol–water partition coefficient (Wildman–Crippen LogP) is 0.523. The Kier molecular flexibility index (Phi) is 5.33. The van der Waals surface area contributed by atoms with E-state index in [9.17, 15) is 4.79 Å².